The summed E-state index contributed by atoms with van der Waals surface area (Å²) in [5.74, 6) is 0. The summed E-state index contributed by atoms with van der Waals surface area (Å²) in [6, 6.07) is 37.9. The molecule has 0 aromatic heterocycles. The predicted octanol–water partition coefficient (Wildman–Crippen LogP) is 1.70. The van der Waals surface area contributed by atoms with E-state index in [-0.39, 0.29) is 0 Å². The lowest BCUT2D eigenvalue weighted by atomic mass is 10.4. The minimum Gasteiger partial charge on any atom is -0.391 e. The summed E-state index contributed by atoms with van der Waals surface area (Å²) < 4.78 is 26.8. The molecular weight excluding hydrogens is 521 g/mol. The van der Waals surface area contributed by atoms with E-state index in [2.05, 4.69) is 0 Å². The minimum absolute atomic E-state index is 0.748. The van der Waals surface area contributed by atoms with Crippen LogP contribution >= 0.6 is 0 Å². The summed E-state index contributed by atoms with van der Waals surface area (Å²) in [6.45, 7) is 3.20. The number of hydrogen-bond donors (Lipinski definition) is 2. The third-order valence-electron chi connectivity index (χ3n) is 5.95. The van der Waals surface area contributed by atoms with Crippen LogP contribution in [0.1, 0.15) is 0 Å². The van der Waals surface area contributed by atoms with Gasteiger partial charge in [0.15, 0.2) is 0 Å². The summed E-state index contributed by atoms with van der Waals surface area (Å²) in [5.41, 5.74) is 0. The van der Waals surface area contributed by atoms with Crippen LogP contribution in [0.3, 0.4) is 0 Å². The van der Waals surface area contributed by atoms with Gasteiger partial charge in [0.25, 0.3) is 0 Å². The van der Waals surface area contributed by atoms with E-state index in [4.69, 9.17) is 16.5 Å². The maximum absolute atomic E-state index is 11.9. The van der Waals surface area contributed by atoms with Crippen molar-refractivity contribution in [3.63, 3.8) is 0 Å². The molecule has 4 aromatic rings. The van der Waals surface area contributed by atoms with Crippen molar-refractivity contribution in [1.82, 2.24) is 0 Å². The number of rotatable bonds is 4. The van der Waals surface area contributed by atoms with Crippen LogP contribution in [0.4, 0.5) is 0 Å². The van der Waals surface area contributed by atoms with Gasteiger partial charge in [0.2, 0.25) is 0 Å². The highest BCUT2D eigenvalue weighted by atomic mass is 28.5. The third kappa shape index (κ3) is 4.88. The van der Waals surface area contributed by atoms with Gasteiger partial charge in [0.05, 0.1) is 0 Å². The number of benzene rings is 4. The highest BCUT2D eigenvalue weighted by molar-refractivity contribution is 7.06. The lowest BCUT2D eigenvalue weighted by Crippen LogP contribution is -2.80. The van der Waals surface area contributed by atoms with Crippen molar-refractivity contribution in [2.75, 3.05) is 0 Å². The molecule has 0 amide bonds. The van der Waals surface area contributed by atoms with Crippen molar-refractivity contribution >= 4 is 55.5 Å². The van der Waals surface area contributed by atoms with Gasteiger partial charge in [-0.25, -0.2) is 0 Å². The molecule has 1 fully saturated rings. The quantitative estimate of drug-likeness (QED) is 0.378. The second-order valence-corrected chi connectivity index (χ2v) is 20.5. The van der Waals surface area contributed by atoms with Crippen molar-refractivity contribution < 1.29 is 26.1 Å². The fourth-order valence-corrected chi connectivity index (χ4v) is 22.2. The van der Waals surface area contributed by atoms with Crippen LogP contribution in [0, 0.1) is 0 Å². The Bertz CT molecular complexity index is 1090. The Morgan fingerprint density at radius 1 is 0.389 bits per heavy atom. The van der Waals surface area contributed by atoms with Crippen LogP contribution < -0.4 is 20.7 Å². The van der Waals surface area contributed by atoms with Gasteiger partial charge in [-0.1, -0.05) is 121 Å². The van der Waals surface area contributed by atoms with E-state index in [1.54, 1.807) is 13.1 Å². The van der Waals surface area contributed by atoms with Crippen LogP contribution in [-0.2, 0) is 16.5 Å². The largest absolute Gasteiger partial charge is 0.477 e. The lowest BCUT2D eigenvalue weighted by Gasteiger charge is -2.48. The first kappa shape index (κ1) is 25.2. The normalized spacial score (nSPS) is 25.4. The summed E-state index contributed by atoms with van der Waals surface area (Å²) in [5, 5.41) is 2.99. The zero-order chi connectivity index (χ0) is 25.3. The van der Waals surface area contributed by atoms with Gasteiger partial charge < -0.3 is 26.1 Å². The van der Waals surface area contributed by atoms with Crippen LogP contribution in [0.5, 0.6) is 0 Å². The second-order valence-electron chi connectivity index (χ2n) is 8.90. The standard InChI is InChI=1S/C26H28O6Si4/c1-33(27)29-35(23-15-7-3-8-16-23,24-17-9-4-10-18-24)31-34(2,28)32-36(30-33,25-19-11-5-12-20-25)26-21-13-6-14-22-26/h3-22,27-28H,1-2H3. The number of hydrogen-bond acceptors (Lipinski definition) is 6. The van der Waals surface area contributed by atoms with E-state index in [1.165, 1.54) is 0 Å². The molecule has 0 unspecified atom stereocenters. The molecule has 6 nitrogen and oxygen atoms in total. The van der Waals surface area contributed by atoms with E-state index in [0.29, 0.717) is 0 Å². The average molecular weight is 549 g/mol. The van der Waals surface area contributed by atoms with Gasteiger partial charge in [-0.15, -0.1) is 0 Å². The van der Waals surface area contributed by atoms with Crippen LogP contribution in [-0.4, -0.2) is 44.3 Å². The summed E-state index contributed by atoms with van der Waals surface area (Å²) in [4.78, 5) is 23.8. The molecular formula is C26H28O6Si4. The molecule has 1 aliphatic rings. The molecule has 1 aliphatic heterocycles. The Hall–Kier alpha value is -2.49. The van der Waals surface area contributed by atoms with E-state index in [0.717, 1.165) is 20.7 Å². The molecule has 36 heavy (non-hydrogen) atoms. The molecule has 0 radical (unpaired) electrons. The molecule has 1 saturated heterocycles. The Balaban J connectivity index is 1.73. The molecule has 1 heterocycles. The first-order chi connectivity index (χ1) is 17.2. The van der Waals surface area contributed by atoms with Gasteiger partial charge in [-0.3, -0.25) is 0 Å². The van der Waals surface area contributed by atoms with E-state index < -0.39 is 34.7 Å². The van der Waals surface area contributed by atoms with Crippen molar-refractivity contribution in [3.8, 4) is 0 Å². The molecule has 5 rings (SSSR count). The van der Waals surface area contributed by atoms with Crippen molar-refractivity contribution in [3.05, 3.63) is 121 Å². The summed E-state index contributed by atoms with van der Waals surface area (Å²) in [7, 11) is -15.2. The SMILES string of the molecule is C[Si]1(O)O[Si](c2ccccc2)(c2ccccc2)O[Si](C)(O)O[Si](c2ccccc2)(c2ccccc2)O1. The molecule has 0 bridgehead atoms. The molecule has 0 saturated carbocycles. The van der Waals surface area contributed by atoms with Gasteiger partial charge in [-0.2, -0.15) is 0 Å². The zero-order valence-corrected chi connectivity index (χ0v) is 24.1. The second kappa shape index (κ2) is 9.76. The smallest absolute Gasteiger partial charge is 0.391 e. The van der Waals surface area contributed by atoms with Gasteiger partial charge >= 0.3 is 34.7 Å². The highest BCUT2D eigenvalue weighted by Crippen LogP contribution is 2.29. The average Bonchev–Trinajstić information content (AvgIpc) is 2.88. The van der Waals surface area contributed by atoms with E-state index in [1.807, 2.05) is 121 Å². The Kier molecular flexibility index (Phi) is 6.82. The van der Waals surface area contributed by atoms with Gasteiger partial charge in [0.1, 0.15) is 0 Å². The molecule has 2 N–H and O–H groups in total. The third-order valence-corrected chi connectivity index (χ3v) is 21.0. The molecule has 4 aromatic carbocycles. The maximum atomic E-state index is 11.9. The zero-order valence-electron chi connectivity index (χ0n) is 20.1. The monoisotopic (exact) mass is 548 g/mol. The van der Waals surface area contributed by atoms with Crippen LogP contribution in [0.15, 0.2) is 121 Å². The van der Waals surface area contributed by atoms with Crippen molar-refractivity contribution in [2.24, 2.45) is 0 Å². The first-order valence-electron chi connectivity index (χ1n) is 11.7. The summed E-state index contributed by atoms with van der Waals surface area (Å²) in [6.07, 6.45) is 0. The summed E-state index contributed by atoms with van der Waals surface area (Å²) >= 11 is 0. The molecule has 0 spiro atoms. The predicted molar refractivity (Wildman–Crippen MR) is 148 cm³/mol. The maximum Gasteiger partial charge on any atom is 0.477 e. The van der Waals surface area contributed by atoms with Crippen LogP contribution in [0.2, 0.25) is 13.1 Å². The lowest BCUT2D eigenvalue weighted by molar-refractivity contribution is 0.154. The highest BCUT2D eigenvalue weighted by Gasteiger charge is 2.63. The first-order valence-corrected chi connectivity index (χ1v) is 19.9. The topological polar surface area (TPSA) is 77.4 Å². The minimum atomic E-state index is -3.95. The molecule has 184 valence electrons. The van der Waals surface area contributed by atoms with Crippen LogP contribution in [0.25, 0.3) is 0 Å². The van der Waals surface area contributed by atoms with Gasteiger partial charge in [0, 0.05) is 13.1 Å². The van der Waals surface area contributed by atoms with E-state index in [9.17, 15) is 9.59 Å². The van der Waals surface area contributed by atoms with Gasteiger partial charge in [-0.05, 0) is 20.7 Å². The molecule has 0 atom stereocenters. The fourth-order valence-electron chi connectivity index (χ4n) is 4.59. The van der Waals surface area contributed by atoms with E-state index >= 15 is 0 Å². The Morgan fingerprint density at radius 2 is 0.583 bits per heavy atom. The molecule has 0 aliphatic carbocycles. The Morgan fingerprint density at radius 3 is 0.778 bits per heavy atom. The fraction of sp³-hybridized carbons (Fsp3) is 0.0769. The Labute approximate surface area is 215 Å². The van der Waals surface area contributed by atoms with Crippen molar-refractivity contribution in [1.29, 1.82) is 0 Å². The van der Waals surface area contributed by atoms with Crippen molar-refractivity contribution in [2.45, 2.75) is 13.1 Å². The molecule has 10 heteroatoms.